The van der Waals surface area contributed by atoms with Gasteiger partial charge in [0.15, 0.2) is 23.0 Å². The molecule has 0 radical (unpaired) electrons. The number of nitrogens with two attached hydrogens (primary N) is 1. The average molecular weight is 643 g/mol. The molecule has 6 heterocycles. The third-order valence-corrected chi connectivity index (χ3v) is 8.97. The first-order chi connectivity index (χ1) is 23.0. The molecule has 8 rings (SSSR count). The fourth-order valence-corrected chi connectivity index (χ4v) is 6.80. The second-order valence-electron chi connectivity index (χ2n) is 12.8. The maximum atomic E-state index is 14.7. The molecule has 5 aromatic heterocycles. The Bertz CT molecular complexity index is 2460. The van der Waals surface area contributed by atoms with Gasteiger partial charge >= 0.3 is 0 Å². The van der Waals surface area contributed by atoms with Gasteiger partial charge in [-0.1, -0.05) is 12.1 Å². The number of phenolic OH excluding ortho intramolecular Hbond substituents is 1. The molecule has 0 saturated carbocycles. The number of hydrogen-bond donors (Lipinski definition) is 2. The van der Waals surface area contributed by atoms with Crippen molar-refractivity contribution in [3.63, 3.8) is 0 Å². The number of nitrogens with zero attached hydrogens (tertiary/aromatic N) is 9. The molecule has 0 amide bonds. The van der Waals surface area contributed by atoms with Crippen molar-refractivity contribution in [2.45, 2.75) is 59.7 Å². The summed E-state index contributed by atoms with van der Waals surface area (Å²) in [5.41, 5.74) is 12.3. The molecule has 13 nitrogen and oxygen atoms in total. The predicted octanol–water partition coefficient (Wildman–Crippen LogP) is 4.87. The van der Waals surface area contributed by atoms with Crippen LogP contribution in [-0.2, 0) is 19.5 Å². The number of hydrogen-bond acceptors (Lipinski definition) is 9. The number of phenols is 1. The lowest BCUT2D eigenvalue weighted by Gasteiger charge is -2.19. The van der Waals surface area contributed by atoms with Crippen molar-refractivity contribution in [1.82, 2.24) is 43.9 Å². The lowest BCUT2D eigenvalue weighted by Crippen LogP contribution is -2.33. The Morgan fingerprint density at radius 1 is 1.00 bits per heavy atom. The molecular weight excluding hydrogens is 608 g/mol. The topological polar surface area (TPSA) is 157 Å². The van der Waals surface area contributed by atoms with Crippen LogP contribution in [0.25, 0.3) is 44.3 Å². The minimum absolute atomic E-state index is 0.0653. The summed E-state index contributed by atoms with van der Waals surface area (Å²) in [7, 11) is 0. The molecule has 0 saturated heterocycles. The van der Waals surface area contributed by atoms with Crippen LogP contribution in [0.2, 0.25) is 0 Å². The third-order valence-electron chi connectivity index (χ3n) is 8.97. The van der Waals surface area contributed by atoms with E-state index in [2.05, 4.69) is 15.1 Å². The molecule has 0 unspecified atom stereocenters. The van der Waals surface area contributed by atoms with E-state index in [0.29, 0.717) is 52.2 Å². The third kappa shape index (κ3) is 4.45. The molecule has 48 heavy (non-hydrogen) atoms. The van der Waals surface area contributed by atoms with Crippen LogP contribution in [0.4, 0.5) is 5.82 Å². The van der Waals surface area contributed by atoms with Crippen molar-refractivity contribution in [1.29, 1.82) is 0 Å². The van der Waals surface area contributed by atoms with Crippen LogP contribution in [-0.4, -0.2) is 54.6 Å². The van der Waals surface area contributed by atoms with Crippen molar-refractivity contribution in [3.05, 3.63) is 94.3 Å². The highest BCUT2D eigenvalue weighted by molar-refractivity contribution is 5.99. The molecule has 7 aromatic rings. The zero-order chi connectivity index (χ0) is 33.5. The molecule has 2 aromatic carbocycles. The first-order valence-electron chi connectivity index (χ1n) is 15.8. The van der Waals surface area contributed by atoms with Gasteiger partial charge in [-0.3, -0.25) is 14.2 Å². The Kier molecular flexibility index (Phi) is 6.45. The highest BCUT2D eigenvalue weighted by Crippen LogP contribution is 2.47. The number of anilines is 1. The molecule has 1 aliphatic rings. The van der Waals surface area contributed by atoms with Crippen molar-refractivity contribution >= 4 is 27.8 Å². The minimum Gasteiger partial charge on any atom is -0.504 e. The van der Waals surface area contributed by atoms with Crippen LogP contribution >= 0.6 is 0 Å². The van der Waals surface area contributed by atoms with Gasteiger partial charge in [0.2, 0.25) is 0 Å². The minimum atomic E-state index is -0.512. The quantitative estimate of drug-likeness (QED) is 0.258. The molecule has 0 fully saturated rings. The zero-order valence-corrected chi connectivity index (χ0v) is 27.3. The van der Waals surface area contributed by atoms with Gasteiger partial charge in [0.1, 0.15) is 30.0 Å². The number of fused-ring (bicyclic) bond motifs is 3. The molecule has 242 valence electrons. The number of aromatic nitrogens is 9. The van der Waals surface area contributed by atoms with Gasteiger partial charge in [-0.15, -0.1) is 0 Å². The Morgan fingerprint density at radius 3 is 2.54 bits per heavy atom. The molecule has 0 aliphatic carbocycles. The van der Waals surface area contributed by atoms with Crippen LogP contribution in [0.3, 0.4) is 0 Å². The highest BCUT2D eigenvalue weighted by Gasteiger charge is 2.35. The van der Waals surface area contributed by atoms with Crippen LogP contribution in [0.1, 0.15) is 43.5 Å². The summed E-state index contributed by atoms with van der Waals surface area (Å²) in [6, 6.07) is 13.0. The second kappa shape index (κ2) is 10.5. The molecule has 3 N–H and O–H groups in total. The second-order valence-corrected chi connectivity index (χ2v) is 12.8. The first kappa shape index (κ1) is 29.4. The van der Waals surface area contributed by atoms with Crippen molar-refractivity contribution < 1.29 is 9.84 Å². The number of aromatic hydroxyl groups is 1. The van der Waals surface area contributed by atoms with E-state index in [0.717, 1.165) is 33.6 Å². The predicted molar refractivity (Wildman–Crippen MR) is 182 cm³/mol. The number of aryl methyl sites for hydroxylation is 3. The van der Waals surface area contributed by atoms with Gasteiger partial charge in [-0.2, -0.15) is 14.9 Å². The van der Waals surface area contributed by atoms with Gasteiger partial charge in [-0.05, 0) is 70.5 Å². The van der Waals surface area contributed by atoms with E-state index in [1.54, 1.807) is 21.6 Å². The first-order valence-corrected chi connectivity index (χ1v) is 15.8. The monoisotopic (exact) mass is 642 g/mol. The fourth-order valence-electron chi connectivity index (χ4n) is 6.80. The van der Waals surface area contributed by atoms with Crippen LogP contribution in [0.15, 0.2) is 66.0 Å². The molecule has 13 heteroatoms. The normalized spacial score (nSPS) is 13.8. The van der Waals surface area contributed by atoms with Crippen molar-refractivity contribution in [2.75, 3.05) is 5.73 Å². The van der Waals surface area contributed by atoms with Crippen molar-refractivity contribution in [2.24, 2.45) is 0 Å². The molecular formula is C35H34N10O3. The molecule has 0 bridgehead atoms. The number of ether oxygens (including phenoxy) is 1. The summed E-state index contributed by atoms with van der Waals surface area (Å²) in [5, 5.41) is 21.2. The van der Waals surface area contributed by atoms with E-state index >= 15 is 0 Å². The fraction of sp³-hybridized carbons (Fsp3) is 0.257. The summed E-state index contributed by atoms with van der Waals surface area (Å²) in [6.07, 6.45) is 5.67. The van der Waals surface area contributed by atoms with Crippen LogP contribution in [0, 0.1) is 13.8 Å². The maximum absolute atomic E-state index is 14.7. The summed E-state index contributed by atoms with van der Waals surface area (Å²) in [6.45, 7) is 10.7. The summed E-state index contributed by atoms with van der Waals surface area (Å²) < 4.78 is 13.1. The lowest BCUT2D eigenvalue weighted by atomic mass is 9.95. The lowest BCUT2D eigenvalue weighted by molar-refractivity contribution is 0.134. The highest BCUT2D eigenvalue weighted by atomic mass is 16.5. The van der Waals surface area contributed by atoms with Crippen LogP contribution in [0.5, 0.6) is 11.5 Å². The zero-order valence-electron chi connectivity index (χ0n) is 27.3. The number of rotatable bonds is 6. The SMILES string of the molecule is CCn1cc(-c2cccc3nc(Cn4nc(-c5ccc(O)c6c5CC(C)(C)O6)c5c(N)ncnc54)n(-n4c(C)ccc4C)c(=O)c23)cn1. The van der Waals surface area contributed by atoms with Gasteiger partial charge in [0.05, 0.1) is 22.5 Å². The molecule has 0 spiro atoms. The Balaban J connectivity index is 1.37. The average Bonchev–Trinajstić information content (AvgIpc) is 3.83. The van der Waals surface area contributed by atoms with Crippen molar-refractivity contribution in [3.8, 4) is 33.9 Å². The van der Waals surface area contributed by atoms with Crippen LogP contribution < -0.4 is 16.0 Å². The van der Waals surface area contributed by atoms with E-state index in [4.69, 9.17) is 20.6 Å². The van der Waals surface area contributed by atoms with E-state index in [9.17, 15) is 9.90 Å². The smallest absolute Gasteiger partial charge is 0.281 e. The van der Waals surface area contributed by atoms with E-state index in [1.807, 2.05) is 86.6 Å². The van der Waals surface area contributed by atoms with E-state index in [1.165, 1.54) is 6.33 Å². The number of benzene rings is 2. The molecule has 1 aliphatic heterocycles. The number of nitrogen functional groups attached to an aromatic ring is 1. The van der Waals surface area contributed by atoms with Gasteiger partial charge in [0.25, 0.3) is 5.56 Å². The van der Waals surface area contributed by atoms with Gasteiger partial charge < -0.3 is 15.6 Å². The van der Waals surface area contributed by atoms with E-state index < -0.39 is 5.60 Å². The van der Waals surface area contributed by atoms with Gasteiger partial charge in [0, 0.05) is 47.2 Å². The Hall–Kier alpha value is -5.98. The van der Waals surface area contributed by atoms with E-state index in [-0.39, 0.29) is 23.7 Å². The maximum Gasteiger partial charge on any atom is 0.281 e. The summed E-state index contributed by atoms with van der Waals surface area (Å²) in [4.78, 5) is 28.7. The molecule has 0 atom stereocenters. The summed E-state index contributed by atoms with van der Waals surface area (Å²) >= 11 is 0. The largest absolute Gasteiger partial charge is 0.504 e. The summed E-state index contributed by atoms with van der Waals surface area (Å²) in [5.74, 6) is 1.21. The van der Waals surface area contributed by atoms with Gasteiger partial charge in [-0.25, -0.2) is 19.6 Å². The Labute approximate surface area is 274 Å². The standard InChI is InChI=1S/C35H34N10O3/c1-6-42-16-21(15-39-42)22-8-7-9-25-28(22)34(47)45(44-19(2)10-11-20(44)3)27(40-25)17-43-33-29(32(36)37-18-38-33)30(41-43)23-12-13-26(46)31-24(23)14-35(4,5)48-31/h7-13,15-16,18,46H,6,14,17H2,1-5H3,(H2,36,37,38). The Morgan fingerprint density at radius 2 is 1.79 bits per heavy atom.